The lowest BCUT2D eigenvalue weighted by atomic mass is 9.96. The van der Waals surface area contributed by atoms with E-state index in [0.717, 1.165) is 50.5 Å². The number of allylic oxidation sites excluding steroid dienone is 1. The van der Waals surface area contributed by atoms with Gasteiger partial charge in [0.25, 0.3) is 5.91 Å². The molecule has 0 saturated heterocycles. The maximum atomic E-state index is 13.6. The summed E-state index contributed by atoms with van der Waals surface area (Å²) in [5, 5.41) is 3.22. The monoisotopic (exact) mass is 450 g/mol. The number of hydrogen-bond acceptors (Lipinski definition) is 4. The van der Waals surface area contributed by atoms with E-state index in [1.807, 2.05) is 24.3 Å². The highest BCUT2D eigenvalue weighted by Gasteiger charge is 2.34. The third-order valence-corrected chi connectivity index (χ3v) is 6.74. The molecule has 1 heterocycles. The number of methoxy groups -OCH3 is 1. The van der Waals surface area contributed by atoms with Crippen LogP contribution >= 0.6 is 0 Å². The molecule has 33 heavy (non-hydrogen) atoms. The Morgan fingerprint density at radius 2 is 1.91 bits per heavy atom. The lowest BCUT2D eigenvalue weighted by Gasteiger charge is -2.32. The molecule has 0 aliphatic heterocycles. The molecule has 1 aromatic heterocycles. The molecule has 2 aliphatic carbocycles. The Kier molecular flexibility index (Phi) is 7.87. The minimum absolute atomic E-state index is 0.135. The number of rotatable bonds is 9. The zero-order chi connectivity index (χ0) is 23.0. The second-order valence-electron chi connectivity index (χ2n) is 9.00. The molecule has 4 rings (SSSR count). The number of hydrogen-bond donors (Lipinski definition) is 1. The van der Waals surface area contributed by atoms with E-state index in [2.05, 4.69) is 11.4 Å². The molecule has 0 bridgehead atoms. The van der Waals surface area contributed by atoms with Crippen molar-refractivity contribution in [3.8, 4) is 5.75 Å². The van der Waals surface area contributed by atoms with Gasteiger partial charge in [-0.3, -0.25) is 9.59 Å². The Morgan fingerprint density at radius 3 is 2.55 bits per heavy atom. The van der Waals surface area contributed by atoms with Crippen LogP contribution in [-0.4, -0.2) is 36.4 Å². The number of benzene rings is 1. The summed E-state index contributed by atoms with van der Waals surface area (Å²) in [4.78, 5) is 28.9. The fraction of sp³-hybridized carbons (Fsp3) is 0.481. The molecule has 0 unspecified atom stereocenters. The van der Waals surface area contributed by atoms with Crippen molar-refractivity contribution >= 4 is 11.8 Å². The molecule has 6 nitrogen and oxygen atoms in total. The highest BCUT2D eigenvalue weighted by atomic mass is 16.5. The van der Waals surface area contributed by atoms with Gasteiger partial charge in [-0.25, -0.2) is 0 Å². The Balaban J connectivity index is 1.65. The van der Waals surface area contributed by atoms with E-state index in [1.165, 1.54) is 24.7 Å². The SMILES string of the molecule is COc1ccc([C@H](C(=O)NC2CCCC2)N(CCC2=CCCCC2)C(=O)c2ccco2)cc1. The average Bonchev–Trinajstić information content (AvgIpc) is 3.57. The maximum Gasteiger partial charge on any atom is 0.290 e. The minimum atomic E-state index is -0.738. The lowest BCUT2D eigenvalue weighted by Crippen LogP contribution is -2.46. The molecule has 1 N–H and O–H groups in total. The quantitative estimate of drug-likeness (QED) is 0.518. The van der Waals surface area contributed by atoms with Gasteiger partial charge in [-0.2, -0.15) is 0 Å². The fourth-order valence-electron chi connectivity index (χ4n) is 4.89. The Hall–Kier alpha value is -3.02. The smallest absolute Gasteiger partial charge is 0.290 e. The second kappa shape index (κ2) is 11.2. The molecule has 0 radical (unpaired) electrons. The molecule has 1 fully saturated rings. The van der Waals surface area contributed by atoms with E-state index in [0.29, 0.717) is 12.3 Å². The highest BCUT2D eigenvalue weighted by Crippen LogP contribution is 2.29. The molecule has 6 heteroatoms. The predicted octanol–water partition coefficient (Wildman–Crippen LogP) is 5.42. The molecule has 2 amide bonds. The number of nitrogens with one attached hydrogen (secondary N) is 1. The number of ether oxygens (including phenoxy) is 1. The summed E-state index contributed by atoms with van der Waals surface area (Å²) in [7, 11) is 1.62. The lowest BCUT2D eigenvalue weighted by molar-refractivity contribution is -0.126. The highest BCUT2D eigenvalue weighted by molar-refractivity contribution is 5.96. The molecule has 176 valence electrons. The number of carbonyl (C=O) groups is 2. The largest absolute Gasteiger partial charge is 0.497 e. The van der Waals surface area contributed by atoms with Crippen molar-refractivity contribution in [2.45, 2.75) is 69.9 Å². The van der Waals surface area contributed by atoms with Crippen LogP contribution in [0.3, 0.4) is 0 Å². The summed E-state index contributed by atoms with van der Waals surface area (Å²) < 4.78 is 10.8. The van der Waals surface area contributed by atoms with Gasteiger partial charge in [-0.1, -0.05) is 36.6 Å². The topological polar surface area (TPSA) is 71.8 Å². The van der Waals surface area contributed by atoms with Crippen molar-refractivity contribution in [2.75, 3.05) is 13.7 Å². The first-order chi connectivity index (χ1) is 16.2. The zero-order valence-electron chi connectivity index (χ0n) is 19.4. The van der Waals surface area contributed by atoms with Crippen LogP contribution in [-0.2, 0) is 4.79 Å². The van der Waals surface area contributed by atoms with Crippen LogP contribution < -0.4 is 10.1 Å². The molecule has 2 aromatic rings. The predicted molar refractivity (Wildman–Crippen MR) is 127 cm³/mol. The first-order valence-electron chi connectivity index (χ1n) is 12.1. The van der Waals surface area contributed by atoms with Crippen molar-refractivity contribution in [1.29, 1.82) is 0 Å². The third-order valence-electron chi connectivity index (χ3n) is 6.74. The Labute approximate surface area is 196 Å². The van der Waals surface area contributed by atoms with Gasteiger partial charge >= 0.3 is 0 Å². The molecule has 0 spiro atoms. The van der Waals surface area contributed by atoms with Gasteiger partial charge in [0.1, 0.15) is 11.8 Å². The molecular weight excluding hydrogens is 416 g/mol. The fourth-order valence-corrected chi connectivity index (χ4v) is 4.89. The van der Waals surface area contributed by atoms with E-state index in [4.69, 9.17) is 9.15 Å². The van der Waals surface area contributed by atoms with Crippen LogP contribution in [0.4, 0.5) is 0 Å². The van der Waals surface area contributed by atoms with Gasteiger partial charge in [0, 0.05) is 12.6 Å². The second-order valence-corrected chi connectivity index (χ2v) is 9.00. The van der Waals surface area contributed by atoms with E-state index in [9.17, 15) is 9.59 Å². The van der Waals surface area contributed by atoms with Crippen LogP contribution in [0.1, 0.15) is 79.9 Å². The number of amides is 2. The normalized spacial score (nSPS) is 17.3. The minimum Gasteiger partial charge on any atom is -0.497 e. The number of nitrogens with zero attached hydrogens (tertiary/aromatic N) is 1. The van der Waals surface area contributed by atoms with Gasteiger partial charge in [-0.15, -0.1) is 0 Å². The first kappa shape index (κ1) is 23.1. The van der Waals surface area contributed by atoms with Crippen LogP contribution in [0.15, 0.2) is 58.7 Å². The Morgan fingerprint density at radius 1 is 1.12 bits per heavy atom. The maximum absolute atomic E-state index is 13.6. The van der Waals surface area contributed by atoms with Crippen molar-refractivity contribution < 1.29 is 18.7 Å². The summed E-state index contributed by atoms with van der Waals surface area (Å²) in [5.74, 6) is 0.563. The molecule has 1 saturated carbocycles. The number of furan rings is 1. The standard InChI is InChI=1S/C27H34N2O4/c1-32-23-15-13-21(14-16-23)25(26(30)28-22-10-5-6-11-22)29(27(31)24-12-7-19-33-24)18-17-20-8-3-2-4-9-20/h7-8,12-16,19,22,25H,2-6,9-11,17-18H2,1H3,(H,28,30)/t25-/m1/s1. The summed E-state index contributed by atoms with van der Waals surface area (Å²) in [6, 6.07) is 10.2. The zero-order valence-corrected chi connectivity index (χ0v) is 19.4. The molecule has 1 aromatic carbocycles. The molecular formula is C27H34N2O4. The van der Waals surface area contributed by atoms with Crippen molar-refractivity contribution in [1.82, 2.24) is 10.2 Å². The summed E-state index contributed by atoms with van der Waals surface area (Å²) >= 11 is 0. The first-order valence-corrected chi connectivity index (χ1v) is 12.1. The number of carbonyl (C=O) groups excluding carboxylic acids is 2. The molecule has 2 aliphatic rings. The summed E-state index contributed by atoms with van der Waals surface area (Å²) in [5.41, 5.74) is 2.13. The summed E-state index contributed by atoms with van der Waals surface area (Å²) in [6.45, 7) is 0.458. The van der Waals surface area contributed by atoms with Gasteiger partial charge in [0.05, 0.1) is 13.4 Å². The molecule has 1 atom stereocenters. The van der Waals surface area contributed by atoms with E-state index in [-0.39, 0.29) is 23.6 Å². The Bertz CT molecular complexity index is 943. The van der Waals surface area contributed by atoms with Crippen molar-refractivity contribution in [3.63, 3.8) is 0 Å². The van der Waals surface area contributed by atoms with Crippen molar-refractivity contribution in [2.24, 2.45) is 0 Å². The summed E-state index contributed by atoms with van der Waals surface area (Å²) in [6.07, 6.45) is 13.3. The third kappa shape index (κ3) is 5.86. The van der Waals surface area contributed by atoms with E-state index >= 15 is 0 Å². The van der Waals surface area contributed by atoms with Gasteiger partial charge in [0.15, 0.2) is 5.76 Å². The van der Waals surface area contributed by atoms with E-state index < -0.39 is 6.04 Å². The van der Waals surface area contributed by atoms with Gasteiger partial charge < -0.3 is 19.4 Å². The van der Waals surface area contributed by atoms with Crippen molar-refractivity contribution in [3.05, 3.63) is 65.6 Å². The van der Waals surface area contributed by atoms with Crippen LogP contribution in [0.5, 0.6) is 5.75 Å². The van der Waals surface area contributed by atoms with E-state index in [1.54, 1.807) is 24.1 Å². The average molecular weight is 451 g/mol. The van der Waals surface area contributed by atoms with Crippen LogP contribution in [0.25, 0.3) is 0 Å². The van der Waals surface area contributed by atoms with Crippen LogP contribution in [0, 0.1) is 0 Å². The van der Waals surface area contributed by atoms with Crippen LogP contribution in [0.2, 0.25) is 0 Å². The van der Waals surface area contributed by atoms with Gasteiger partial charge in [-0.05, 0) is 74.8 Å². The van der Waals surface area contributed by atoms with Gasteiger partial charge in [0.2, 0.25) is 5.91 Å².